The third-order valence-electron chi connectivity index (χ3n) is 2.67. The predicted octanol–water partition coefficient (Wildman–Crippen LogP) is 0.498. The van der Waals surface area contributed by atoms with E-state index in [1.165, 1.54) is 0 Å². The lowest BCUT2D eigenvalue weighted by Gasteiger charge is -2.17. The fourth-order valence-electron chi connectivity index (χ4n) is 1.75. The van der Waals surface area contributed by atoms with Gasteiger partial charge in [-0.2, -0.15) is 0 Å². The van der Waals surface area contributed by atoms with Gasteiger partial charge in [-0.15, -0.1) is 0 Å². The minimum Gasteiger partial charge on any atom is -0.481 e. The molecule has 2 unspecified atom stereocenters. The van der Waals surface area contributed by atoms with Crippen molar-refractivity contribution in [1.82, 2.24) is 0 Å². The Morgan fingerprint density at radius 1 is 1.70 bits per heavy atom. The minimum absolute atomic E-state index is 0.318. The molecule has 0 spiro atoms. The van der Waals surface area contributed by atoms with Crippen LogP contribution in [0.4, 0.5) is 0 Å². The van der Waals surface area contributed by atoms with Crippen LogP contribution in [0.2, 0.25) is 0 Å². The molecule has 2 aliphatic rings. The van der Waals surface area contributed by atoms with Gasteiger partial charge in [-0.3, -0.25) is 4.79 Å². The summed E-state index contributed by atoms with van der Waals surface area (Å²) in [7, 11) is 0. The first-order valence-electron chi connectivity index (χ1n) is 3.57. The minimum atomic E-state index is -0.624. The van der Waals surface area contributed by atoms with Gasteiger partial charge >= 0.3 is 5.97 Å². The van der Waals surface area contributed by atoms with E-state index in [1.54, 1.807) is 0 Å². The van der Waals surface area contributed by atoms with Crippen molar-refractivity contribution in [3.8, 4) is 0 Å². The van der Waals surface area contributed by atoms with Crippen molar-refractivity contribution in [2.24, 2.45) is 11.3 Å². The smallest absolute Gasteiger partial charge is 0.310 e. The molecule has 1 aliphatic heterocycles. The number of carbonyl (C=O) groups is 1. The van der Waals surface area contributed by atoms with E-state index in [-0.39, 0.29) is 5.41 Å². The quantitative estimate of drug-likeness (QED) is 0.579. The molecule has 0 amide bonds. The Bertz CT molecular complexity index is 178. The Morgan fingerprint density at radius 2 is 2.50 bits per heavy atom. The molecule has 0 radical (unpaired) electrons. The van der Waals surface area contributed by atoms with Crippen LogP contribution in [-0.2, 0) is 9.53 Å². The lowest BCUT2D eigenvalue weighted by Crippen LogP contribution is -2.25. The average molecular weight is 142 g/mol. The maximum absolute atomic E-state index is 10.7. The molecule has 0 bridgehead atoms. The van der Waals surface area contributed by atoms with E-state index in [1.807, 2.05) is 0 Å². The summed E-state index contributed by atoms with van der Waals surface area (Å²) in [4.78, 5) is 10.7. The van der Waals surface area contributed by atoms with Crippen molar-refractivity contribution in [2.45, 2.75) is 12.8 Å². The molecule has 0 aromatic rings. The first-order valence-corrected chi connectivity index (χ1v) is 3.57. The van der Waals surface area contributed by atoms with Gasteiger partial charge in [-0.25, -0.2) is 0 Å². The molecule has 2 fully saturated rings. The van der Waals surface area contributed by atoms with Crippen LogP contribution >= 0.6 is 0 Å². The first kappa shape index (κ1) is 6.16. The Hall–Kier alpha value is -0.570. The van der Waals surface area contributed by atoms with Gasteiger partial charge in [0.2, 0.25) is 0 Å². The molecule has 1 aliphatic carbocycles. The number of carboxylic acid groups (broad SMARTS) is 1. The van der Waals surface area contributed by atoms with Crippen LogP contribution in [0.15, 0.2) is 0 Å². The summed E-state index contributed by atoms with van der Waals surface area (Å²) >= 11 is 0. The number of fused-ring (bicyclic) bond motifs is 1. The summed E-state index contributed by atoms with van der Waals surface area (Å²) in [6.07, 6.45) is 1.55. The van der Waals surface area contributed by atoms with Crippen LogP contribution in [-0.4, -0.2) is 24.3 Å². The van der Waals surface area contributed by atoms with Gasteiger partial charge < -0.3 is 9.84 Å². The van der Waals surface area contributed by atoms with Crippen LogP contribution in [0.1, 0.15) is 12.8 Å². The predicted molar refractivity (Wildman–Crippen MR) is 33.6 cm³/mol. The Morgan fingerprint density at radius 3 is 3.00 bits per heavy atom. The van der Waals surface area contributed by atoms with Crippen LogP contribution in [0.3, 0.4) is 0 Å². The van der Waals surface area contributed by atoms with Crippen LogP contribution in [0.5, 0.6) is 0 Å². The van der Waals surface area contributed by atoms with E-state index < -0.39 is 5.97 Å². The highest BCUT2D eigenvalue weighted by Crippen LogP contribution is 2.57. The van der Waals surface area contributed by atoms with Crippen molar-refractivity contribution >= 4 is 5.97 Å². The zero-order valence-electron chi connectivity index (χ0n) is 5.67. The van der Waals surface area contributed by atoms with E-state index in [0.29, 0.717) is 25.6 Å². The molecular formula is C7H10O3. The average Bonchev–Trinajstić information content (AvgIpc) is 2.61. The lowest BCUT2D eigenvalue weighted by molar-refractivity contribution is -0.146. The van der Waals surface area contributed by atoms with Gasteiger partial charge in [0, 0.05) is 6.61 Å². The third-order valence-corrected chi connectivity index (χ3v) is 2.67. The molecule has 0 aromatic heterocycles. The number of rotatable bonds is 1. The monoisotopic (exact) mass is 142 g/mol. The van der Waals surface area contributed by atoms with E-state index in [0.717, 1.165) is 6.42 Å². The molecule has 3 nitrogen and oxygen atoms in total. The highest BCUT2D eigenvalue weighted by atomic mass is 16.5. The SMILES string of the molecule is O=C(O)C12CCOCC1C2. The van der Waals surface area contributed by atoms with Gasteiger partial charge in [0.25, 0.3) is 0 Å². The van der Waals surface area contributed by atoms with Crippen LogP contribution in [0, 0.1) is 11.3 Å². The van der Waals surface area contributed by atoms with Crippen molar-refractivity contribution < 1.29 is 14.6 Å². The van der Waals surface area contributed by atoms with Crippen LogP contribution in [0.25, 0.3) is 0 Å². The molecule has 2 rings (SSSR count). The molecule has 1 heterocycles. The van der Waals surface area contributed by atoms with Gasteiger partial charge in [-0.1, -0.05) is 0 Å². The summed E-state index contributed by atoms with van der Waals surface area (Å²) in [5.74, 6) is -0.306. The van der Waals surface area contributed by atoms with E-state index in [4.69, 9.17) is 9.84 Å². The first-order chi connectivity index (χ1) is 4.76. The molecule has 1 saturated heterocycles. The normalized spacial score (nSPS) is 44.2. The summed E-state index contributed by atoms with van der Waals surface area (Å²) in [6, 6.07) is 0. The summed E-state index contributed by atoms with van der Waals surface area (Å²) in [5.41, 5.74) is -0.363. The maximum Gasteiger partial charge on any atom is 0.310 e. The molecule has 10 heavy (non-hydrogen) atoms. The standard InChI is InChI=1S/C7H10O3/c8-6(9)7-1-2-10-4-5(7)3-7/h5H,1-4H2,(H,8,9). The third kappa shape index (κ3) is 0.611. The molecular weight excluding hydrogens is 132 g/mol. The van der Waals surface area contributed by atoms with Crippen molar-refractivity contribution in [1.29, 1.82) is 0 Å². The zero-order valence-corrected chi connectivity index (χ0v) is 5.67. The van der Waals surface area contributed by atoms with E-state index in [2.05, 4.69) is 0 Å². The van der Waals surface area contributed by atoms with Gasteiger partial charge in [0.05, 0.1) is 12.0 Å². The Balaban J connectivity index is 2.12. The van der Waals surface area contributed by atoms with Crippen LogP contribution < -0.4 is 0 Å². The largest absolute Gasteiger partial charge is 0.481 e. The maximum atomic E-state index is 10.7. The highest BCUT2D eigenvalue weighted by molar-refractivity contribution is 5.78. The Kier molecular flexibility index (Phi) is 1.06. The molecule has 2 atom stereocenters. The molecule has 56 valence electrons. The number of hydrogen-bond acceptors (Lipinski definition) is 2. The fourth-order valence-corrected chi connectivity index (χ4v) is 1.75. The Labute approximate surface area is 59.0 Å². The molecule has 0 aromatic carbocycles. The van der Waals surface area contributed by atoms with Gasteiger partial charge in [0.15, 0.2) is 0 Å². The number of ether oxygens (including phenoxy) is 1. The fraction of sp³-hybridized carbons (Fsp3) is 0.857. The second kappa shape index (κ2) is 1.72. The molecule has 1 N–H and O–H groups in total. The summed E-state index contributed by atoms with van der Waals surface area (Å²) < 4.78 is 5.14. The molecule has 3 heteroatoms. The summed E-state index contributed by atoms with van der Waals surface area (Å²) in [6.45, 7) is 1.29. The van der Waals surface area contributed by atoms with Crippen molar-refractivity contribution in [3.05, 3.63) is 0 Å². The van der Waals surface area contributed by atoms with Gasteiger partial charge in [-0.05, 0) is 18.8 Å². The second-order valence-corrected chi connectivity index (χ2v) is 3.19. The van der Waals surface area contributed by atoms with Gasteiger partial charge in [0.1, 0.15) is 0 Å². The zero-order chi connectivity index (χ0) is 7.19. The van der Waals surface area contributed by atoms with E-state index in [9.17, 15) is 4.79 Å². The topological polar surface area (TPSA) is 46.5 Å². The summed E-state index contributed by atoms with van der Waals surface area (Å²) in [5, 5.41) is 8.78. The highest BCUT2D eigenvalue weighted by Gasteiger charge is 2.61. The molecule has 1 saturated carbocycles. The number of carboxylic acids is 1. The number of aliphatic carboxylic acids is 1. The van der Waals surface area contributed by atoms with E-state index >= 15 is 0 Å². The number of hydrogen-bond donors (Lipinski definition) is 1. The van der Waals surface area contributed by atoms with Crippen molar-refractivity contribution in [2.75, 3.05) is 13.2 Å². The lowest BCUT2D eigenvalue weighted by atomic mass is 9.99. The van der Waals surface area contributed by atoms with Crippen molar-refractivity contribution in [3.63, 3.8) is 0 Å². The second-order valence-electron chi connectivity index (χ2n) is 3.19.